The van der Waals surface area contributed by atoms with Gasteiger partial charge >= 0.3 is 0 Å². The molecule has 0 saturated heterocycles. The summed E-state index contributed by atoms with van der Waals surface area (Å²) in [6, 6.07) is 13.7. The van der Waals surface area contributed by atoms with Crippen molar-refractivity contribution < 1.29 is 4.79 Å². The molecule has 0 atom stereocenters. The Labute approximate surface area is 182 Å². The van der Waals surface area contributed by atoms with Gasteiger partial charge in [-0.05, 0) is 37.2 Å². The summed E-state index contributed by atoms with van der Waals surface area (Å²) in [7, 11) is 0. The van der Waals surface area contributed by atoms with Gasteiger partial charge in [0.1, 0.15) is 5.65 Å². The summed E-state index contributed by atoms with van der Waals surface area (Å²) in [6.45, 7) is 4.52. The van der Waals surface area contributed by atoms with Crippen LogP contribution in [0, 0.1) is 0 Å². The number of amides is 1. The number of rotatable bonds is 9. The Morgan fingerprint density at radius 3 is 2.64 bits per heavy atom. The average molecular weight is 441 g/mol. The number of fused-ring (bicyclic) bond motifs is 1. The minimum absolute atomic E-state index is 0. The number of aromatic nitrogens is 2. The lowest BCUT2D eigenvalue weighted by Crippen LogP contribution is -2.32. The first kappa shape index (κ1) is 24.3. The standard InChI is InChI=1S/C20H24N4OS.2ClH/c1-2-10-21-11-12-22-20(25)17-7-3-4-8-18(17)26-15-16-14-24-13-6-5-9-19(24)23-16;;/h3-9,13-14,21H,2,10-12,15H2,1H3,(H,22,25);2*1H. The number of carbonyl (C=O) groups excluding carboxylic acids is 1. The van der Waals surface area contributed by atoms with Crippen LogP contribution in [0.1, 0.15) is 29.4 Å². The van der Waals surface area contributed by atoms with E-state index in [0.29, 0.717) is 6.54 Å². The van der Waals surface area contributed by atoms with Gasteiger partial charge in [0, 0.05) is 36.1 Å². The lowest BCUT2D eigenvalue weighted by atomic mass is 10.2. The fourth-order valence-electron chi connectivity index (χ4n) is 2.65. The molecule has 2 N–H and O–H groups in total. The van der Waals surface area contributed by atoms with Gasteiger partial charge in [0.2, 0.25) is 0 Å². The van der Waals surface area contributed by atoms with Gasteiger partial charge in [-0.2, -0.15) is 0 Å². The topological polar surface area (TPSA) is 58.4 Å². The normalized spacial score (nSPS) is 10.2. The molecule has 0 saturated carbocycles. The van der Waals surface area contributed by atoms with Gasteiger partial charge in [0.15, 0.2) is 0 Å². The molecule has 152 valence electrons. The van der Waals surface area contributed by atoms with E-state index in [-0.39, 0.29) is 30.7 Å². The molecule has 2 heterocycles. The van der Waals surface area contributed by atoms with Crippen molar-refractivity contribution in [1.29, 1.82) is 0 Å². The maximum absolute atomic E-state index is 12.5. The van der Waals surface area contributed by atoms with Crippen molar-refractivity contribution in [2.75, 3.05) is 19.6 Å². The van der Waals surface area contributed by atoms with Gasteiger partial charge < -0.3 is 15.0 Å². The average Bonchev–Trinajstić information content (AvgIpc) is 3.09. The number of nitrogens with zero attached hydrogens (tertiary/aromatic N) is 2. The molecule has 2 aromatic heterocycles. The van der Waals surface area contributed by atoms with Crippen molar-refractivity contribution in [3.05, 3.63) is 66.1 Å². The number of hydrogen-bond acceptors (Lipinski definition) is 4. The van der Waals surface area contributed by atoms with Crippen LogP contribution in [-0.2, 0) is 5.75 Å². The maximum Gasteiger partial charge on any atom is 0.252 e. The Bertz CT molecular complexity index is 839. The Kier molecular flexibility index (Phi) is 11.0. The number of pyridine rings is 1. The van der Waals surface area contributed by atoms with Crippen LogP contribution in [-0.4, -0.2) is 34.9 Å². The van der Waals surface area contributed by atoms with Crippen LogP contribution >= 0.6 is 36.6 Å². The quantitative estimate of drug-likeness (QED) is 0.386. The minimum atomic E-state index is -0.0265. The molecule has 0 unspecified atom stereocenters. The van der Waals surface area contributed by atoms with E-state index in [2.05, 4.69) is 22.5 Å². The molecule has 1 amide bonds. The van der Waals surface area contributed by atoms with Crippen molar-refractivity contribution in [3.63, 3.8) is 0 Å². The molecule has 3 rings (SSSR count). The third kappa shape index (κ3) is 6.71. The van der Waals surface area contributed by atoms with E-state index in [9.17, 15) is 4.79 Å². The van der Waals surface area contributed by atoms with Crippen LogP contribution < -0.4 is 10.6 Å². The summed E-state index contributed by atoms with van der Waals surface area (Å²) in [5.74, 6) is 0.700. The van der Waals surface area contributed by atoms with Gasteiger partial charge in [0.05, 0.1) is 11.3 Å². The molecule has 28 heavy (non-hydrogen) atoms. The predicted molar refractivity (Wildman–Crippen MR) is 121 cm³/mol. The van der Waals surface area contributed by atoms with Crippen LogP contribution in [0.5, 0.6) is 0 Å². The zero-order chi connectivity index (χ0) is 18.2. The molecule has 0 fully saturated rings. The highest BCUT2D eigenvalue weighted by molar-refractivity contribution is 7.98. The second kappa shape index (κ2) is 12.7. The largest absolute Gasteiger partial charge is 0.351 e. The van der Waals surface area contributed by atoms with Crippen LogP contribution in [0.15, 0.2) is 59.8 Å². The summed E-state index contributed by atoms with van der Waals surface area (Å²) in [4.78, 5) is 18.1. The van der Waals surface area contributed by atoms with E-state index in [1.165, 1.54) is 0 Å². The lowest BCUT2D eigenvalue weighted by molar-refractivity contribution is 0.0951. The molecule has 0 bridgehead atoms. The van der Waals surface area contributed by atoms with Crippen LogP contribution in [0.3, 0.4) is 0 Å². The number of imidazole rings is 1. The molecule has 0 spiro atoms. The summed E-state index contributed by atoms with van der Waals surface area (Å²) >= 11 is 1.64. The van der Waals surface area contributed by atoms with E-state index >= 15 is 0 Å². The van der Waals surface area contributed by atoms with Gasteiger partial charge in [-0.25, -0.2) is 4.98 Å². The third-order valence-electron chi connectivity index (χ3n) is 3.94. The fourth-order valence-corrected chi connectivity index (χ4v) is 3.58. The number of carbonyl (C=O) groups is 1. The number of thioether (sulfide) groups is 1. The Balaban J connectivity index is 0.00000196. The van der Waals surface area contributed by atoms with Crippen molar-refractivity contribution in [3.8, 4) is 0 Å². The van der Waals surface area contributed by atoms with Crippen molar-refractivity contribution in [2.45, 2.75) is 24.0 Å². The number of hydrogen-bond donors (Lipinski definition) is 2. The molecule has 3 aromatic rings. The molecule has 1 aromatic carbocycles. The van der Waals surface area contributed by atoms with Gasteiger partial charge in [-0.1, -0.05) is 25.1 Å². The first-order valence-corrected chi connectivity index (χ1v) is 9.90. The van der Waals surface area contributed by atoms with Crippen LogP contribution in [0.4, 0.5) is 0 Å². The molecule has 8 heteroatoms. The summed E-state index contributed by atoms with van der Waals surface area (Å²) < 4.78 is 2.01. The lowest BCUT2D eigenvalue weighted by Gasteiger charge is -2.10. The Hall–Kier alpha value is -1.73. The Morgan fingerprint density at radius 1 is 1.07 bits per heavy atom. The highest BCUT2D eigenvalue weighted by Crippen LogP contribution is 2.26. The first-order chi connectivity index (χ1) is 12.8. The summed E-state index contributed by atoms with van der Waals surface area (Å²) in [5.41, 5.74) is 2.66. The summed E-state index contributed by atoms with van der Waals surface area (Å²) in [6.07, 6.45) is 5.12. The maximum atomic E-state index is 12.5. The SMILES string of the molecule is CCCNCCNC(=O)c1ccccc1SCc1cn2ccccc2n1.Cl.Cl. The van der Waals surface area contributed by atoms with Crippen molar-refractivity contribution >= 4 is 48.1 Å². The molecular formula is C20H26Cl2N4OS. The molecule has 5 nitrogen and oxygen atoms in total. The molecule has 0 aliphatic carbocycles. The highest BCUT2D eigenvalue weighted by Gasteiger charge is 2.11. The van der Waals surface area contributed by atoms with Crippen LogP contribution in [0.25, 0.3) is 5.65 Å². The van der Waals surface area contributed by atoms with E-state index < -0.39 is 0 Å². The van der Waals surface area contributed by atoms with E-state index in [0.717, 1.165) is 47.1 Å². The summed E-state index contributed by atoms with van der Waals surface area (Å²) in [5, 5.41) is 6.27. The zero-order valence-electron chi connectivity index (χ0n) is 15.8. The first-order valence-electron chi connectivity index (χ1n) is 8.91. The minimum Gasteiger partial charge on any atom is -0.351 e. The molecular weight excluding hydrogens is 415 g/mol. The third-order valence-corrected chi connectivity index (χ3v) is 5.04. The number of halogens is 2. The van der Waals surface area contributed by atoms with E-state index in [4.69, 9.17) is 0 Å². The molecule has 0 radical (unpaired) electrons. The van der Waals surface area contributed by atoms with Crippen molar-refractivity contribution in [1.82, 2.24) is 20.0 Å². The monoisotopic (exact) mass is 440 g/mol. The second-order valence-electron chi connectivity index (χ2n) is 5.99. The molecule has 0 aliphatic rings. The highest BCUT2D eigenvalue weighted by atomic mass is 35.5. The smallest absolute Gasteiger partial charge is 0.252 e. The predicted octanol–water partition coefficient (Wildman–Crippen LogP) is 4.20. The van der Waals surface area contributed by atoms with E-state index in [1.807, 2.05) is 59.3 Å². The number of nitrogens with one attached hydrogen (secondary N) is 2. The van der Waals surface area contributed by atoms with E-state index in [1.54, 1.807) is 11.8 Å². The fraction of sp³-hybridized carbons (Fsp3) is 0.300. The van der Waals surface area contributed by atoms with Gasteiger partial charge in [-0.3, -0.25) is 4.79 Å². The Morgan fingerprint density at radius 2 is 1.86 bits per heavy atom. The van der Waals surface area contributed by atoms with Gasteiger partial charge in [0.25, 0.3) is 5.91 Å². The molecule has 0 aliphatic heterocycles. The van der Waals surface area contributed by atoms with Crippen molar-refractivity contribution in [2.24, 2.45) is 0 Å². The van der Waals surface area contributed by atoms with Gasteiger partial charge in [-0.15, -0.1) is 36.6 Å². The zero-order valence-corrected chi connectivity index (χ0v) is 18.2. The number of benzene rings is 1. The van der Waals surface area contributed by atoms with Crippen LogP contribution in [0.2, 0.25) is 0 Å². The second-order valence-corrected chi connectivity index (χ2v) is 7.01.